The molecule has 162 valence electrons. The summed E-state index contributed by atoms with van der Waals surface area (Å²) in [7, 11) is -3.93. The van der Waals surface area contributed by atoms with Gasteiger partial charge in [0.1, 0.15) is 0 Å². The molecular formula is C21H25ClN2O5S. The van der Waals surface area contributed by atoms with Crippen LogP contribution < -0.4 is 0 Å². The molecule has 0 aliphatic heterocycles. The molecule has 0 saturated heterocycles. The second-order valence-corrected chi connectivity index (χ2v) is 9.54. The minimum absolute atomic E-state index is 0.0467. The van der Waals surface area contributed by atoms with Gasteiger partial charge in [-0.2, -0.15) is 4.31 Å². The van der Waals surface area contributed by atoms with Gasteiger partial charge in [0.25, 0.3) is 5.69 Å². The van der Waals surface area contributed by atoms with E-state index >= 15 is 0 Å². The fourth-order valence-corrected chi connectivity index (χ4v) is 4.80. The highest BCUT2D eigenvalue weighted by Gasteiger charge is 2.30. The van der Waals surface area contributed by atoms with Crippen molar-refractivity contribution in [1.82, 2.24) is 4.31 Å². The van der Waals surface area contributed by atoms with Crippen LogP contribution in [0.4, 0.5) is 5.69 Å². The number of nitrogens with zero attached hydrogens (tertiary/aromatic N) is 2. The molecule has 0 amide bonds. The molecule has 0 aliphatic carbocycles. The Morgan fingerprint density at radius 3 is 2.37 bits per heavy atom. The van der Waals surface area contributed by atoms with E-state index in [-0.39, 0.29) is 29.7 Å². The number of hydrogen-bond donors (Lipinski definition) is 1. The van der Waals surface area contributed by atoms with Crippen LogP contribution in [-0.2, 0) is 10.0 Å². The second kappa shape index (κ2) is 10.7. The zero-order valence-corrected chi connectivity index (χ0v) is 18.4. The van der Waals surface area contributed by atoms with Crippen LogP contribution >= 0.6 is 11.6 Å². The molecule has 0 aliphatic rings. The zero-order chi connectivity index (χ0) is 22.3. The van der Waals surface area contributed by atoms with Gasteiger partial charge in [-0.3, -0.25) is 10.1 Å². The Labute approximate surface area is 181 Å². The van der Waals surface area contributed by atoms with Gasteiger partial charge in [0.2, 0.25) is 10.0 Å². The van der Waals surface area contributed by atoms with Crippen LogP contribution in [0.25, 0.3) is 6.08 Å². The zero-order valence-electron chi connectivity index (χ0n) is 16.8. The molecule has 1 atom stereocenters. The maximum Gasteiger partial charge on any atom is 0.276 e. The summed E-state index contributed by atoms with van der Waals surface area (Å²) < 4.78 is 27.8. The van der Waals surface area contributed by atoms with Gasteiger partial charge in [-0.05, 0) is 42.7 Å². The molecule has 0 bridgehead atoms. The topological polar surface area (TPSA) is 101 Å². The van der Waals surface area contributed by atoms with E-state index in [0.717, 1.165) is 0 Å². The first-order chi connectivity index (χ1) is 14.2. The number of sulfonamides is 1. The molecule has 2 rings (SSSR count). The van der Waals surface area contributed by atoms with Crippen LogP contribution in [-0.4, -0.2) is 41.9 Å². The monoisotopic (exact) mass is 452 g/mol. The third-order valence-electron chi connectivity index (χ3n) is 4.50. The Morgan fingerprint density at radius 1 is 1.17 bits per heavy atom. The predicted octanol–water partition coefficient (Wildman–Crippen LogP) is 4.36. The highest BCUT2D eigenvalue weighted by Crippen LogP contribution is 2.24. The third-order valence-corrected chi connectivity index (χ3v) is 6.68. The predicted molar refractivity (Wildman–Crippen MR) is 118 cm³/mol. The van der Waals surface area contributed by atoms with E-state index in [1.807, 2.05) is 13.8 Å². The minimum atomic E-state index is -3.93. The van der Waals surface area contributed by atoms with Gasteiger partial charge in [0.15, 0.2) is 0 Å². The molecule has 0 heterocycles. The largest absolute Gasteiger partial charge is 0.395 e. The van der Waals surface area contributed by atoms with E-state index in [2.05, 4.69) is 0 Å². The fraction of sp³-hybridized carbons (Fsp3) is 0.333. The van der Waals surface area contributed by atoms with Gasteiger partial charge in [-0.25, -0.2) is 8.42 Å². The quantitative estimate of drug-likeness (QED) is 0.426. The van der Waals surface area contributed by atoms with Gasteiger partial charge in [0, 0.05) is 23.7 Å². The van der Waals surface area contributed by atoms with E-state index in [1.54, 1.807) is 24.3 Å². The Balaban J connectivity index is 2.39. The summed E-state index contributed by atoms with van der Waals surface area (Å²) in [6.07, 6.45) is 3.54. The highest BCUT2D eigenvalue weighted by atomic mass is 35.5. The summed E-state index contributed by atoms with van der Waals surface area (Å²) >= 11 is 5.88. The Morgan fingerprint density at radius 2 is 1.80 bits per heavy atom. The van der Waals surface area contributed by atoms with Crippen molar-refractivity contribution < 1.29 is 18.4 Å². The normalized spacial score (nSPS) is 13.3. The molecule has 1 unspecified atom stereocenters. The summed E-state index contributed by atoms with van der Waals surface area (Å²) in [6, 6.07) is 11.4. The Bertz CT molecular complexity index is 991. The fourth-order valence-electron chi connectivity index (χ4n) is 3.09. The van der Waals surface area contributed by atoms with Crippen LogP contribution in [0.5, 0.6) is 0 Å². The van der Waals surface area contributed by atoms with Crippen molar-refractivity contribution in [2.75, 3.05) is 13.2 Å². The number of hydrogen-bond acceptors (Lipinski definition) is 5. The first-order valence-corrected chi connectivity index (χ1v) is 11.3. The van der Waals surface area contributed by atoms with Crippen molar-refractivity contribution in [1.29, 1.82) is 0 Å². The first-order valence-electron chi connectivity index (χ1n) is 9.45. The maximum atomic E-state index is 13.3. The summed E-state index contributed by atoms with van der Waals surface area (Å²) in [5, 5.41) is 21.5. The minimum Gasteiger partial charge on any atom is -0.395 e. The number of rotatable bonds is 10. The van der Waals surface area contributed by atoms with E-state index < -0.39 is 21.0 Å². The van der Waals surface area contributed by atoms with Crippen molar-refractivity contribution in [3.8, 4) is 0 Å². The number of halogens is 1. The summed E-state index contributed by atoms with van der Waals surface area (Å²) in [6.45, 7) is 3.50. The van der Waals surface area contributed by atoms with E-state index in [9.17, 15) is 23.6 Å². The molecule has 1 N–H and O–H groups in total. The second-order valence-electron chi connectivity index (χ2n) is 7.21. The van der Waals surface area contributed by atoms with Crippen LogP contribution in [0.2, 0.25) is 5.02 Å². The molecule has 0 spiro atoms. The molecule has 9 heteroatoms. The molecule has 0 aromatic heterocycles. The summed E-state index contributed by atoms with van der Waals surface area (Å²) in [4.78, 5) is 10.8. The SMILES string of the molecule is CC(C)CC(CO)N(C/C=C/c1ccccc1[N+](=O)[O-])S(=O)(=O)c1ccc(Cl)cc1. The van der Waals surface area contributed by atoms with E-state index in [4.69, 9.17) is 11.6 Å². The number of aliphatic hydroxyl groups is 1. The Kier molecular flexibility index (Phi) is 8.54. The highest BCUT2D eigenvalue weighted by molar-refractivity contribution is 7.89. The number of para-hydroxylation sites is 1. The average molecular weight is 453 g/mol. The first kappa shape index (κ1) is 24.0. The van der Waals surface area contributed by atoms with Crippen LogP contribution in [0.1, 0.15) is 25.8 Å². The molecule has 0 fully saturated rings. The summed E-state index contributed by atoms with van der Waals surface area (Å²) in [5.74, 6) is 0.157. The lowest BCUT2D eigenvalue weighted by molar-refractivity contribution is -0.385. The number of nitro groups is 1. The molecular weight excluding hydrogens is 428 g/mol. The molecule has 30 heavy (non-hydrogen) atoms. The lowest BCUT2D eigenvalue weighted by atomic mass is 10.0. The van der Waals surface area contributed by atoms with Crippen molar-refractivity contribution in [3.63, 3.8) is 0 Å². The molecule has 2 aromatic rings. The number of benzene rings is 2. The van der Waals surface area contributed by atoms with Crippen LogP contribution in [0.15, 0.2) is 59.5 Å². The van der Waals surface area contributed by atoms with Gasteiger partial charge in [-0.15, -0.1) is 0 Å². The third kappa shape index (κ3) is 6.12. The van der Waals surface area contributed by atoms with E-state index in [0.29, 0.717) is 17.0 Å². The van der Waals surface area contributed by atoms with Gasteiger partial charge in [0.05, 0.1) is 22.0 Å². The van der Waals surface area contributed by atoms with Crippen LogP contribution in [0, 0.1) is 16.0 Å². The van der Waals surface area contributed by atoms with E-state index in [1.165, 1.54) is 40.7 Å². The number of aliphatic hydroxyl groups excluding tert-OH is 1. The molecule has 0 saturated carbocycles. The average Bonchev–Trinajstić information content (AvgIpc) is 2.70. The van der Waals surface area contributed by atoms with Crippen molar-refractivity contribution >= 4 is 33.4 Å². The molecule has 7 nitrogen and oxygen atoms in total. The van der Waals surface area contributed by atoms with Gasteiger partial charge in [-0.1, -0.05) is 49.7 Å². The van der Waals surface area contributed by atoms with Crippen molar-refractivity contribution in [3.05, 3.63) is 75.3 Å². The maximum absolute atomic E-state index is 13.3. The molecule has 2 aromatic carbocycles. The smallest absolute Gasteiger partial charge is 0.276 e. The Hall–Kier alpha value is -2.26. The van der Waals surface area contributed by atoms with Gasteiger partial charge >= 0.3 is 0 Å². The summed E-state index contributed by atoms with van der Waals surface area (Å²) in [5.41, 5.74) is 0.303. The van der Waals surface area contributed by atoms with Crippen molar-refractivity contribution in [2.45, 2.75) is 31.2 Å². The lowest BCUT2D eigenvalue weighted by Crippen LogP contribution is -2.43. The lowest BCUT2D eigenvalue weighted by Gasteiger charge is -2.30. The number of nitro benzene ring substituents is 1. The molecule has 0 radical (unpaired) electrons. The van der Waals surface area contributed by atoms with Gasteiger partial charge < -0.3 is 5.11 Å². The van der Waals surface area contributed by atoms with Crippen molar-refractivity contribution in [2.24, 2.45) is 5.92 Å². The van der Waals surface area contributed by atoms with Crippen LogP contribution in [0.3, 0.4) is 0 Å². The standard InChI is InChI=1S/C21H25ClN2O5S/c1-16(2)14-19(15-25)23(30(28,29)20-11-9-18(22)10-12-20)13-5-7-17-6-3-4-8-21(17)24(26)27/h3-12,16,19,25H,13-15H2,1-2H3/b7-5+.